The van der Waals surface area contributed by atoms with Gasteiger partial charge in [0.05, 0.1) is 23.6 Å². The lowest BCUT2D eigenvalue weighted by Gasteiger charge is -2.27. The Bertz CT molecular complexity index is 442. The van der Waals surface area contributed by atoms with Gasteiger partial charge in [-0.25, -0.2) is 4.98 Å². The molecule has 0 atom stereocenters. The van der Waals surface area contributed by atoms with Crippen LogP contribution in [-0.4, -0.2) is 35.6 Å². The number of aromatic nitrogens is 1. The Balaban J connectivity index is 2.81. The molecule has 0 amide bonds. The second-order valence-electron chi connectivity index (χ2n) is 5.92. The smallest absolute Gasteiger partial charge is 0.119 e. The summed E-state index contributed by atoms with van der Waals surface area (Å²) in [6, 6.07) is 4.00. The highest BCUT2D eigenvalue weighted by Gasteiger charge is 2.25. The lowest BCUT2D eigenvalue weighted by atomic mass is 10.0. The predicted octanol–water partition coefficient (Wildman–Crippen LogP) is 3.26. The molecule has 1 heterocycles. The summed E-state index contributed by atoms with van der Waals surface area (Å²) in [7, 11) is 1.89. The van der Waals surface area contributed by atoms with Gasteiger partial charge in [0.1, 0.15) is 10.6 Å². The first-order valence-electron chi connectivity index (χ1n) is 6.79. The first-order chi connectivity index (χ1) is 9.19. The van der Waals surface area contributed by atoms with Crippen molar-refractivity contribution in [2.24, 2.45) is 0 Å². The lowest BCUT2D eigenvalue weighted by Crippen LogP contribution is -2.28. The molecule has 0 aliphatic rings. The van der Waals surface area contributed by atoms with Gasteiger partial charge in [-0.05, 0) is 52.5 Å². The van der Waals surface area contributed by atoms with Gasteiger partial charge in [-0.3, -0.25) is 0 Å². The van der Waals surface area contributed by atoms with Crippen LogP contribution in [0.1, 0.15) is 39.8 Å². The number of pyridine rings is 1. The van der Waals surface area contributed by atoms with Crippen LogP contribution in [0.5, 0.6) is 0 Å². The summed E-state index contributed by atoms with van der Waals surface area (Å²) in [5, 5.41) is 13.8. The third-order valence-electron chi connectivity index (χ3n) is 3.12. The first kappa shape index (κ1) is 17.3. The minimum Gasteiger partial charge on any atom is -0.390 e. The van der Waals surface area contributed by atoms with Crippen LogP contribution in [-0.2, 0) is 10.3 Å². The van der Waals surface area contributed by atoms with Crippen molar-refractivity contribution >= 4 is 17.4 Å². The molecule has 114 valence electrons. The molecule has 0 saturated carbocycles. The van der Waals surface area contributed by atoms with Gasteiger partial charge in [0.2, 0.25) is 0 Å². The Hall–Kier alpha value is -0.780. The minimum atomic E-state index is -0.704. The van der Waals surface area contributed by atoms with Gasteiger partial charge in [0.15, 0.2) is 0 Å². The van der Waals surface area contributed by atoms with E-state index in [1.807, 2.05) is 39.3 Å². The lowest BCUT2D eigenvalue weighted by molar-refractivity contribution is -0.0519. The third-order valence-corrected chi connectivity index (χ3v) is 3.81. The van der Waals surface area contributed by atoms with Crippen LogP contribution in [0.4, 0.5) is 5.69 Å². The summed E-state index contributed by atoms with van der Waals surface area (Å²) in [5.74, 6) is 0. The van der Waals surface area contributed by atoms with Gasteiger partial charge < -0.3 is 15.2 Å². The topological polar surface area (TPSA) is 54.4 Å². The highest BCUT2D eigenvalue weighted by Crippen LogP contribution is 2.29. The Morgan fingerprint density at radius 3 is 2.45 bits per heavy atom. The summed E-state index contributed by atoms with van der Waals surface area (Å²) in [5.41, 5.74) is 0.747. The molecule has 0 aliphatic heterocycles. The molecule has 0 bridgehead atoms. The molecular weight excluding hydrogens is 272 g/mol. The van der Waals surface area contributed by atoms with Crippen LogP contribution in [0.25, 0.3) is 0 Å². The van der Waals surface area contributed by atoms with Gasteiger partial charge in [-0.2, -0.15) is 0 Å². The number of nitrogens with one attached hydrogen (secondary N) is 1. The molecule has 2 N–H and O–H groups in total. The zero-order valence-electron chi connectivity index (χ0n) is 13.3. The minimum absolute atomic E-state index is 0.470. The molecule has 0 spiro atoms. The van der Waals surface area contributed by atoms with Gasteiger partial charge in [-0.1, -0.05) is 0 Å². The third kappa shape index (κ3) is 4.96. The average molecular weight is 298 g/mol. The number of hydrogen-bond acceptors (Lipinski definition) is 5. The van der Waals surface area contributed by atoms with Crippen molar-refractivity contribution in [2.45, 2.75) is 50.3 Å². The highest BCUT2D eigenvalue weighted by molar-refractivity contribution is 7.98. The van der Waals surface area contributed by atoms with Crippen molar-refractivity contribution in [2.75, 3.05) is 25.2 Å². The largest absolute Gasteiger partial charge is 0.390 e. The van der Waals surface area contributed by atoms with E-state index in [9.17, 15) is 5.11 Å². The molecule has 1 aromatic heterocycles. The summed E-state index contributed by atoms with van der Waals surface area (Å²) >= 11 is 1.61. The molecular formula is C15H26N2O2S. The van der Waals surface area contributed by atoms with E-state index >= 15 is 0 Å². The van der Waals surface area contributed by atoms with E-state index in [1.54, 1.807) is 25.6 Å². The van der Waals surface area contributed by atoms with E-state index in [0.29, 0.717) is 13.0 Å². The van der Waals surface area contributed by atoms with Crippen LogP contribution in [0.2, 0.25) is 0 Å². The number of hydrogen-bond donors (Lipinski definition) is 2. The molecule has 0 unspecified atom stereocenters. The van der Waals surface area contributed by atoms with Crippen LogP contribution < -0.4 is 5.32 Å². The first-order valence-corrected chi connectivity index (χ1v) is 8.01. The van der Waals surface area contributed by atoms with Crippen molar-refractivity contribution < 1.29 is 9.84 Å². The predicted molar refractivity (Wildman–Crippen MR) is 85.5 cm³/mol. The second-order valence-corrected chi connectivity index (χ2v) is 6.72. The number of nitrogens with zero attached hydrogens (tertiary/aromatic N) is 1. The van der Waals surface area contributed by atoms with Crippen LogP contribution in [0.3, 0.4) is 0 Å². The fourth-order valence-electron chi connectivity index (χ4n) is 1.75. The monoisotopic (exact) mass is 298 g/mol. The van der Waals surface area contributed by atoms with Crippen LogP contribution in [0, 0.1) is 0 Å². The Morgan fingerprint density at radius 1 is 1.30 bits per heavy atom. The van der Waals surface area contributed by atoms with Gasteiger partial charge >= 0.3 is 0 Å². The maximum absolute atomic E-state index is 9.73. The zero-order chi connectivity index (χ0) is 15.4. The average Bonchev–Trinajstić information content (AvgIpc) is 2.36. The van der Waals surface area contributed by atoms with E-state index in [4.69, 9.17) is 4.74 Å². The molecule has 0 aliphatic carbocycles. The molecule has 5 heteroatoms. The Labute approximate surface area is 126 Å². The number of aliphatic hydroxyl groups is 1. The maximum atomic E-state index is 9.73. The SMILES string of the molecule is CNc1ccc(C(C)(C)OCCC(C)(C)O)nc1SC. The standard InChI is InChI=1S/C15H26N2O2S/c1-14(2,18)9-10-19-15(3,4)12-8-7-11(16-5)13(17-12)20-6/h7-8,16,18H,9-10H2,1-6H3. The van der Waals surface area contributed by atoms with Crippen LogP contribution >= 0.6 is 11.8 Å². The fraction of sp³-hybridized carbons (Fsp3) is 0.667. The van der Waals surface area contributed by atoms with Gasteiger partial charge in [-0.15, -0.1) is 11.8 Å². The molecule has 1 rings (SSSR count). The van der Waals surface area contributed by atoms with Gasteiger partial charge in [0.25, 0.3) is 0 Å². The quantitative estimate of drug-likeness (QED) is 0.757. The molecule has 0 saturated heterocycles. The second kappa shape index (κ2) is 6.78. The summed E-state index contributed by atoms with van der Waals surface area (Å²) in [6.07, 6.45) is 2.61. The number of rotatable bonds is 7. The summed E-state index contributed by atoms with van der Waals surface area (Å²) in [4.78, 5) is 4.66. The molecule has 0 fully saturated rings. The highest BCUT2D eigenvalue weighted by atomic mass is 32.2. The van der Waals surface area contributed by atoms with Crippen molar-refractivity contribution in [3.05, 3.63) is 17.8 Å². The fourth-order valence-corrected chi connectivity index (χ4v) is 2.33. The normalized spacial score (nSPS) is 12.6. The Kier molecular flexibility index (Phi) is 5.86. The van der Waals surface area contributed by atoms with E-state index in [1.165, 1.54) is 0 Å². The molecule has 20 heavy (non-hydrogen) atoms. The molecule has 0 aromatic carbocycles. The van der Waals surface area contributed by atoms with Crippen molar-refractivity contribution in [1.82, 2.24) is 4.98 Å². The van der Waals surface area contributed by atoms with Crippen molar-refractivity contribution in [3.8, 4) is 0 Å². The molecule has 4 nitrogen and oxygen atoms in total. The van der Waals surface area contributed by atoms with Crippen molar-refractivity contribution in [1.29, 1.82) is 0 Å². The zero-order valence-corrected chi connectivity index (χ0v) is 14.1. The van der Waals surface area contributed by atoms with E-state index in [0.717, 1.165) is 16.4 Å². The molecule has 0 radical (unpaired) electrons. The van der Waals surface area contributed by atoms with E-state index < -0.39 is 11.2 Å². The summed E-state index contributed by atoms with van der Waals surface area (Å²) in [6.45, 7) is 8.08. The number of anilines is 1. The van der Waals surface area contributed by atoms with E-state index in [-0.39, 0.29) is 0 Å². The number of thioether (sulfide) groups is 1. The van der Waals surface area contributed by atoms with Gasteiger partial charge in [0, 0.05) is 7.05 Å². The van der Waals surface area contributed by atoms with E-state index in [2.05, 4.69) is 10.3 Å². The summed E-state index contributed by atoms with van der Waals surface area (Å²) < 4.78 is 5.91. The number of ether oxygens (including phenoxy) is 1. The van der Waals surface area contributed by atoms with Crippen LogP contribution in [0.15, 0.2) is 17.2 Å². The Morgan fingerprint density at radius 2 is 1.95 bits per heavy atom. The maximum Gasteiger partial charge on any atom is 0.119 e. The van der Waals surface area contributed by atoms with Crippen molar-refractivity contribution in [3.63, 3.8) is 0 Å². The molecule has 1 aromatic rings.